The highest BCUT2D eigenvalue weighted by Crippen LogP contribution is 2.23. The predicted octanol–water partition coefficient (Wildman–Crippen LogP) is 2.97. The molecule has 108 valence electrons. The molecule has 0 bridgehead atoms. The van der Waals surface area contributed by atoms with Crippen molar-refractivity contribution in [1.82, 2.24) is 10.6 Å². The molecule has 1 rings (SSSR count). The van der Waals surface area contributed by atoms with E-state index in [1.807, 2.05) is 7.05 Å². The summed E-state index contributed by atoms with van der Waals surface area (Å²) >= 11 is 0. The van der Waals surface area contributed by atoms with Crippen molar-refractivity contribution < 1.29 is 0 Å². The van der Waals surface area contributed by atoms with E-state index in [0.29, 0.717) is 0 Å². The molecule has 0 saturated carbocycles. The Bertz CT molecular complexity index is 352. The maximum Gasteiger partial charge on any atom is 0.00769 e. The Kier molecular flexibility index (Phi) is 6.53. The van der Waals surface area contributed by atoms with Gasteiger partial charge in [0.1, 0.15) is 0 Å². The van der Waals surface area contributed by atoms with Crippen molar-refractivity contribution in [2.75, 3.05) is 26.7 Å². The molecule has 0 heterocycles. The Hall–Kier alpha value is -0.860. The second-order valence-electron chi connectivity index (χ2n) is 6.46. The molecule has 2 heteroatoms. The van der Waals surface area contributed by atoms with E-state index in [0.717, 1.165) is 25.6 Å². The molecule has 0 fully saturated rings. The second kappa shape index (κ2) is 7.66. The lowest BCUT2D eigenvalue weighted by Gasteiger charge is -2.26. The van der Waals surface area contributed by atoms with Gasteiger partial charge in [-0.2, -0.15) is 0 Å². The number of benzene rings is 1. The summed E-state index contributed by atoms with van der Waals surface area (Å²) in [6.45, 7) is 12.2. The largest absolute Gasteiger partial charge is 0.318 e. The van der Waals surface area contributed by atoms with Gasteiger partial charge in [0.05, 0.1) is 0 Å². The molecule has 0 aromatic heterocycles. The van der Waals surface area contributed by atoms with Crippen LogP contribution in [0.3, 0.4) is 0 Å². The van der Waals surface area contributed by atoms with Crippen molar-refractivity contribution in [3.63, 3.8) is 0 Å². The molecule has 0 aliphatic heterocycles. The average molecular weight is 262 g/mol. The van der Waals surface area contributed by atoms with Crippen LogP contribution in [0.5, 0.6) is 0 Å². The first kappa shape index (κ1) is 16.2. The number of likely N-dealkylation sites (N-methyl/N-ethyl adjacent to an activating group) is 1. The number of hydrogen-bond donors (Lipinski definition) is 2. The first-order valence-electron chi connectivity index (χ1n) is 7.40. The highest BCUT2D eigenvalue weighted by molar-refractivity contribution is 5.28. The number of rotatable bonds is 8. The standard InChI is InChI=1S/C17H30N2/c1-14(2)12-15-6-8-16(9-7-15)17(3,4)13-19-11-10-18-5/h6-9,14,18-19H,10-13H2,1-5H3. The van der Waals surface area contributed by atoms with Gasteiger partial charge in [-0.15, -0.1) is 0 Å². The van der Waals surface area contributed by atoms with Gasteiger partial charge in [-0.3, -0.25) is 0 Å². The quantitative estimate of drug-likeness (QED) is 0.704. The molecule has 2 nitrogen and oxygen atoms in total. The summed E-state index contributed by atoms with van der Waals surface area (Å²) in [5.74, 6) is 0.724. The lowest BCUT2D eigenvalue weighted by molar-refractivity contribution is 0.468. The van der Waals surface area contributed by atoms with E-state index in [-0.39, 0.29) is 5.41 Å². The van der Waals surface area contributed by atoms with Crippen LogP contribution in [0.2, 0.25) is 0 Å². The maximum absolute atomic E-state index is 3.51. The maximum atomic E-state index is 3.51. The minimum Gasteiger partial charge on any atom is -0.318 e. The SMILES string of the molecule is CNCCNCC(C)(C)c1ccc(CC(C)C)cc1. The van der Waals surface area contributed by atoms with Crippen LogP contribution in [-0.2, 0) is 11.8 Å². The molecule has 1 aromatic rings. The van der Waals surface area contributed by atoms with Crippen molar-refractivity contribution in [1.29, 1.82) is 0 Å². The van der Waals surface area contributed by atoms with Crippen LogP contribution in [0.4, 0.5) is 0 Å². The van der Waals surface area contributed by atoms with Gasteiger partial charge in [-0.25, -0.2) is 0 Å². The normalized spacial score (nSPS) is 12.1. The fourth-order valence-electron chi connectivity index (χ4n) is 2.28. The molecule has 0 spiro atoms. The van der Waals surface area contributed by atoms with Gasteiger partial charge in [-0.1, -0.05) is 52.0 Å². The van der Waals surface area contributed by atoms with Crippen LogP contribution in [0.1, 0.15) is 38.8 Å². The second-order valence-corrected chi connectivity index (χ2v) is 6.46. The average Bonchev–Trinajstić information content (AvgIpc) is 2.35. The summed E-state index contributed by atoms with van der Waals surface area (Å²) < 4.78 is 0. The van der Waals surface area contributed by atoms with Crippen molar-refractivity contribution in [3.8, 4) is 0 Å². The van der Waals surface area contributed by atoms with E-state index < -0.39 is 0 Å². The van der Waals surface area contributed by atoms with Gasteiger partial charge >= 0.3 is 0 Å². The fourth-order valence-corrected chi connectivity index (χ4v) is 2.28. The van der Waals surface area contributed by atoms with Crippen molar-refractivity contribution in [3.05, 3.63) is 35.4 Å². The predicted molar refractivity (Wildman–Crippen MR) is 84.8 cm³/mol. The van der Waals surface area contributed by atoms with Gasteiger partial charge in [0, 0.05) is 25.0 Å². The van der Waals surface area contributed by atoms with Gasteiger partial charge in [0.15, 0.2) is 0 Å². The van der Waals surface area contributed by atoms with Gasteiger partial charge in [0.2, 0.25) is 0 Å². The molecule has 0 aliphatic carbocycles. The first-order chi connectivity index (χ1) is 8.95. The highest BCUT2D eigenvalue weighted by atomic mass is 14.9. The molecule has 0 atom stereocenters. The zero-order chi connectivity index (χ0) is 14.3. The molecule has 0 saturated heterocycles. The number of nitrogens with one attached hydrogen (secondary N) is 2. The molecule has 0 amide bonds. The van der Waals surface area contributed by atoms with E-state index >= 15 is 0 Å². The van der Waals surface area contributed by atoms with Crippen LogP contribution < -0.4 is 10.6 Å². The Labute approximate surface area is 119 Å². The van der Waals surface area contributed by atoms with E-state index in [4.69, 9.17) is 0 Å². The summed E-state index contributed by atoms with van der Waals surface area (Å²) in [6, 6.07) is 9.14. The fraction of sp³-hybridized carbons (Fsp3) is 0.647. The molecule has 0 radical (unpaired) electrons. The number of hydrogen-bond acceptors (Lipinski definition) is 2. The third-order valence-corrected chi connectivity index (χ3v) is 3.50. The van der Waals surface area contributed by atoms with Gasteiger partial charge in [0.25, 0.3) is 0 Å². The van der Waals surface area contributed by atoms with Crippen LogP contribution in [0, 0.1) is 5.92 Å². The first-order valence-corrected chi connectivity index (χ1v) is 7.40. The van der Waals surface area contributed by atoms with Crippen molar-refractivity contribution in [2.45, 2.75) is 39.5 Å². The molecule has 19 heavy (non-hydrogen) atoms. The molecular formula is C17H30N2. The zero-order valence-corrected chi connectivity index (χ0v) is 13.2. The molecule has 0 aliphatic rings. The minimum absolute atomic E-state index is 0.185. The third-order valence-electron chi connectivity index (χ3n) is 3.50. The summed E-state index contributed by atoms with van der Waals surface area (Å²) in [5.41, 5.74) is 3.04. The highest BCUT2D eigenvalue weighted by Gasteiger charge is 2.19. The summed E-state index contributed by atoms with van der Waals surface area (Å²) in [7, 11) is 1.99. The Balaban J connectivity index is 2.57. The van der Waals surface area contributed by atoms with Crippen LogP contribution >= 0.6 is 0 Å². The van der Waals surface area contributed by atoms with Gasteiger partial charge in [-0.05, 0) is 30.5 Å². The van der Waals surface area contributed by atoms with Crippen LogP contribution in [0.25, 0.3) is 0 Å². The third kappa shape index (κ3) is 5.75. The van der Waals surface area contributed by atoms with Crippen LogP contribution in [0.15, 0.2) is 24.3 Å². The van der Waals surface area contributed by atoms with Gasteiger partial charge < -0.3 is 10.6 Å². The molecule has 1 aromatic carbocycles. The molecular weight excluding hydrogens is 232 g/mol. The van der Waals surface area contributed by atoms with E-state index in [1.165, 1.54) is 17.5 Å². The topological polar surface area (TPSA) is 24.1 Å². The molecule has 2 N–H and O–H groups in total. The monoisotopic (exact) mass is 262 g/mol. The lowest BCUT2D eigenvalue weighted by atomic mass is 9.84. The molecule has 0 unspecified atom stereocenters. The Morgan fingerprint density at radius 2 is 1.68 bits per heavy atom. The van der Waals surface area contributed by atoms with E-state index in [2.05, 4.69) is 62.6 Å². The Morgan fingerprint density at radius 3 is 2.21 bits per heavy atom. The summed E-state index contributed by atoms with van der Waals surface area (Å²) in [6.07, 6.45) is 1.17. The lowest BCUT2D eigenvalue weighted by Crippen LogP contribution is -2.36. The van der Waals surface area contributed by atoms with E-state index in [1.54, 1.807) is 0 Å². The van der Waals surface area contributed by atoms with E-state index in [9.17, 15) is 0 Å². The zero-order valence-electron chi connectivity index (χ0n) is 13.2. The van der Waals surface area contributed by atoms with Crippen LogP contribution in [-0.4, -0.2) is 26.7 Å². The smallest absolute Gasteiger partial charge is 0.00769 e. The summed E-state index contributed by atoms with van der Waals surface area (Å²) in [4.78, 5) is 0. The summed E-state index contributed by atoms with van der Waals surface area (Å²) in [5, 5.41) is 6.67. The van der Waals surface area contributed by atoms with Crippen molar-refractivity contribution in [2.24, 2.45) is 5.92 Å². The Morgan fingerprint density at radius 1 is 1.05 bits per heavy atom. The minimum atomic E-state index is 0.185. The van der Waals surface area contributed by atoms with Crippen molar-refractivity contribution >= 4 is 0 Å².